The molecule has 1 aromatic rings. The molecule has 138 valence electrons. The molecule has 0 unspecified atom stereocenters. The quantitative estimate of drug-likeness (QED) is 0.454. The van der Waals surface area contributed by atoms with Crippen LogP contribution in [-0.2, 0) is 14.3 Å². The van der Waals surface area contributed by atoms with Crippen LogP contribution in [-0.4, -0.2) is 42.3 Å². The Balaban J connectivity index is 2.73. The van der Waals surface area contributed by atoms with E-state index in [0.717, 1.165) is 0 Å². The average molecular weight is 354 g/mol. The Kier molecular flexibility index (Phi) is 7.16. The minimum absolute atomic E-state index is 0.0878. The van der Waals surface area contributed by atoms with Gasteiger partial charge in [-0.05, 0) is 26.8 Å². The number of carbonyl (C=O) groups excluding carboxylic acids is 2. The van der Waals surface area contributed by atoms with Gasteiger partial charge in [-0.25, -0.2) is 4.79 Å². The van der Waals surface area contributed by atoms with Crippen molar-refractivity contribution in [3.05, 3.63) is 34.4 Å². The monoisotopic (exact) mass is 354 g/mol. The summed E-state index contributed by atoms with van der Waals surface area (Å²) in [5.74, 6) is -0.293. The molecule has 1 N–H and O–H groups in total. The molecule has 0 aliphatic heterocycles. The smallest absolute Gasteiger partial charge is 0.408 e. The molecular formula is C16H22N2O7. The molecule has 0 fully saturated rings. The van der Waals surface area contributed by atoms with Gasteiger partial charge in [-0.3, -0.25) is 14.9 Å². The molecule has 1 rings (SSSR count). The van der Waals surface area contributed by atoms with Crippen molar-refractivity contribution in [2.24, 2.45) is 0 Å². The number of rotatable bonds is 7. The SMILES string of the molecule is COC(=O)C[C@H](COc1cccc([N+](=O)[O-])c1)NC(=O)OC(C)(C)C. The number of amides is 1. The maximum absolute atomic E-state index is 11.9. The van der Waals surface area contributed by atoms with Gasteiger partial charge in [0.05, 0.1) is 30.6 Å². The summed E-state index contributed by atoms with van der Waals surface area (Å²) in [5.41, 5.74) is -0.817. The van der Waals surface area contributed by atoms with E-state index in [-0.39, 0.29) is 24.5 Å². The first-order valence-electron chi connectivity index (χ1n) is 7.54. The van der Waals surface area contributed by atoms with E-state index in [1.54, 1.807) is 20.8 Å². The topological polar surface area (TPSA) is 117 Å². The van der Waals surface area contributed by atoms with Gasteiger partial charge in [0.15, 0.2) is 0 Å². The molecule has 9 nitrogen and oxygen atoms in total. The third kappa shape index (κ3) is 8.00. The Morgan fingerprint density at radius 1 is 1.32 bits per heavy atom. The van der Waals surface area contributed by atoms with Gasteiger partial charge in [-0.2, -0.15) is 0 Å². The summed E-state index contributed by atoms with van der Waals surface area (Å²) < 4.78 is 15.2. The van der Waals surface area contributed by atoms with Gasteiger partial charge in [-0.1, -0.05) is 6.07 Å². The van der Waals surface area contributed by atoms with Gasteiger partial charge in [-0.15, -0.1) is 0 Å². The molecule has 0 aliphatic carbocycles. The number of non-ortho nitro benzene ring substituents is 1. The van der Waals surface area contributed by atoms with Crippen LogP contribution in [0.5, 0.6) is 5.75 Å². The van der Waals surface area contributed by atoms with Crippen LogP contribution in [0.1, 0.15) is 27.2 Å². The summed E-state index contributed by atoms with van der Waals surface area (Å²) in [6.45, 7) is 5.04. The van der Waals surface area contributed by atoms with Gasteiger partial charge in [0.2, 0.25) is 0 Å². The first-order valence-corrected chi connectivity index (χ1v) is 7.54. The summed E-state index contributed by atoms with van der Waals surface area (Å²) in [6, 6.07) is 4.88. The van der Waals surface area contributed by atoms with Gasteiger partial charge >= 0.3 is 12.1 Å². The number of nitro groups is 1. The van der Waals surface area contributed by atoms with E-state index in [1.807, 2.05) is 0 Å². The van der Waals surface area contributed by atoms with Crippen LogP contribution in [0, 0.1) is 10.1 Å². The van der Waals surface area contributed by atoms with Crippen LogP contribution in [0.3, 0.4) is 0 Å². The van der Waals surface area contributed by atoms with Gasteiger partial charge in [0.25, 0.3) is 5.69 Å². The molecule has 0 bridgehead atoms. The molecule has 0 heterocycles. The second-order valence-electron chi connectivity index (χ2n) is 6.19. The lowest BCUT2D eigenvalue weighted by molar-refractivity contribution is -0.384. The zero-order valence-electron chi connectivity index (χ0n) is 14.6. The number of nitrogens with one attached hydrogen (secondary N) is 1. The lowest BCUT2D eigenvalue weighted by Crippen LogP contribution is -2.43. The van der Waals surface area contributed by atoms with Crippen molar-refractivity contribution in [1.82, 2.24) is 5.32 Å². The number of methoxy groups -OCH3 is 1. The molecule has 0 aromatic heterocycles. The van der Waals surface area contributed by atoms with Crippen LogP contribution in [0.25, 0.3) is 0 Å². The molecule has 1 aromatic carbocycles. The Hall–Kier alpha value is -2.84. The van der Waals surface area contributed by atoms with Crippen molar-refractivity contribution >= 4 is 17.7 Å². The van der Waals surface area contributed by atoms with E-state index >= 15 is 0 Å². The highest BCUT2D eigenvalue weighted by molar-refractivity contribution is 5.72. The fourth-order valence-corrected chi connectivity index (χ4v) is 1.79. The van der Waals surface area contributed by atoms with Gasteiger partial charge in [0.1, 0.15) is 18.0 Å². The second kappa shape index (κ2) is 8.86. The molecule has 1 atom stereocenters. The van der Waals surface area contributed by atoms with Crippen molar-refractivity contribution < 1.29 is 28.7 Å². The number of benzene rings is 1. The molecule has 0 aliphatic rings. The Labute approximate surface area is 145 Å². The molecule has 0 saturated carbocycles. The van der Waals surface area contributed by atoms with Crippen molar-refractivity contribution in [3.63, 3.8) is 0 Å². The molecule has 0 radical (unpaired) electrons. The number of alkyl carbamates (subject to hydrolysis) is 1. The van der Waals surface area contributed by atoms with Crippen LogP contribution in [0.2, 0.25) is 0 Å². The van der Waals surface area contributed by atoms with Gasteiger partial charge < -0.3 is 19.5 Å². The van der Waals surface area contributed by atoms with Crippen LogP contribution >= 0.6 is 0 Å². The predicted octanol–water partition coefficient (Wildman–Crippen LogP) is 2.43. The fraction of sp³-hybridized carbons (Fsp3) is 0.500. The van der Waals surface area contributed by atoms with E-state index in [1.165, 1.54) is 31.4 Å². The number of hydrogen-bond donors (Lipinski definition) is 1. The second-order valence-corrected chi connectivity index (χ2v) is 6.19. The minimum atomic E-state index is -0.721. The standard InChI is InChI=1S/C16H22N2O7/c1-16(2,3)25-15(20)17-11(8-14(19)23-4)10-24-13-7-5-6-12(9-13)18(21)22/h5-7,9,11H,8,10H2,1-4H3,(H,17,20)/t11-/m1/s1. The van der Waals surface area contributed by atoms with Gasteiger partial charge in [0, 0.05) is 6.07 Å². The van der Waals surface area contributed by atoms with Crippen LogP contribution in [0.4, 0.5) is 10.5 Å². The molecule has 0 spiro atoms. The lowest BCUT2D eigenvalue weighted by Gasteiger charge is -2.23. The van der Waals surface area contributed by atoms with Crippen molar-refractivity contribution in [2.75, 3.05) is 13.7 Å². The highest BCUT2D eigenvalue weighted by atomic mass is 16.6. The maximum atomic E-state index is 11.9. The Bertz CT molecular complexity index is 625. The molecule has 9 heteroatoms. The highest BCUT2D eigenvalue weighted by Crippen LogP contribution is 2.19. The number of carbonyl (C=O) groups is 2. The molecule has 25 heavy (non-hydrogen) atoms. The van der Waals surface area contributed by atoms with Crippen LogP contribution in [0.15, 0.2) is 24.3 Å². The average Bonchev–Trinajstić information content (AvgIpc) is 2.50. The Morgan fingerprint density at radius 3 is 2.56 bits per heavy atom. The normalized spacial score (nSPS) is 12.0. The summed E-state index contributed by atoms with van der Waals surface area (Å²) in [6.07, 6.45) is -0.839. The highest BCUT2D eigenvalue weighted by Gasteiger charge is 2.22. The third-order valence-corrected chi connectivity index (χ3v) is 2.84. The molecular weight excluding hydrogens is 332 g/mol. The minimum Gasteiger partial charge on any atom is -0.491 e. The molecule has 1 amide bonds. The van der Waals surface area contributed by atoms with E-state index in [0.29, 0.717) is 0 Å². The lowest BCUT2D eigenvalue weighted by atomic mass is 10.2. The Morgan fingerprint density at radius 2 is 2.00 bits per heavy atom. The summed E-state index contributed by atoms with van der Waals surface area (Å²) >= 11 is 0. The van der Waals surface area contributed by atoms with Crippen LogP contribution < -0.4 is 10.1 Å². The summed E-state index contributed by atoms with van der Waals surface area (Å²) in [4.78, 5) is 33.6. The van der Waals surface area contributed by atoms with E-state index in [9.17, 15) is 19.7 Å². The number of nitrogens with zero attached hydrogens (tertiary/aromatic N) is 1. The zero-order valence-corrected chi connectivity index (χ0v) is 14.6. The predicted molar refractivity (Wildman–Crippen MR) is 88.4 cm³/mol. The van der Waals surface area contributed by atoms with E-state index in [4.69, 9.17) is 9.47 Å². The van der Waals surface area contributed by atoms with Crippen molar-refractivity contribution in [1.29, 1.82) is 0 Å². The number of ether oxygens (including phenoxy) is 3. The zero-order chi connectivity index (χ0) is 19.0. The van der Waals surface area contributed by atoms with Crippen molar-refractivity contribution in [2.45, 2.75) is 38.8 Å². The first-order chi connectivity index (χ1) is 11.6. The van der Waals surface area contributed by atoms with E-state index in [2.05, 4.69) is 10.1 Å². The number of esters is 1. The summed E-state index contributed by atoms with van der Waals surface area (Å²) in [5, 5.41) is 13.3. The largest absolute Gasteiger partial charge is 0.491 e. The number of nitro benzene ring substituents is 1. The van der Waals surface area contributed by atoms with E-state index < -0.39 is 28.6 Å². The summed E-state index contributed by atoms with van der Waals surface area (Å²) in [7, 11) is 1.23. The van der Waals surface area contributed by atoms with Crippen molar-refractivity contribution in [3.8, 4) is 5.75 Å². The first kappa shape index (κ1) is 20.2. The maximum Gasteiger partial charge on any atom is 0.408 e. The molecule has 0 saturated heterocycles. The number of hydrogen-bond acceptors (Lipinski definition) is 7. The fourth-order valence-electron chi connectivity index (χ4n) is 1.79. The third-order valence-electron chi connectivity index (χ3n) is 2.84.